The number of hydrogen-bond acceptors (Lipinski definition) is 3. The molecule has 0 saturated heterocycles. The zero-order valence-corrected chi connectivity index (χ0v) is 12.1. The van der Waals surface area contributed by atoms with Gasteiger partial charge >= 0.3 is 5.97 Å². The molecule has 2 atom stereocenters. The third-order valence-corrected chi connectivity index (χ3v) is 4.27. The quantitative estimate of drug-likeness (QED) is 0.670. The van der Waals surface area contributed by atoms with Gasteiger partial charge < -0.3 is 10.1 Å². The Morgan fingerprint density at radius 3 is 2.95 bits per heavy atom. The molecule has 1 aliphatic rings. The number of carboxylic acid groups (broad SMARTS) is 1. The van der Waals surface area contributed by atoms with Crippen molar-refractivity contribution in [2.24, 2.45) is 7.05 Å². The number of nitrogens with zero attached hydrogens (tertiary/aromatic N) is 2. The molecule has 0 radical (unpaired) electrons. The van der Waals surface area contributed by atoms with Crippen LogP contribution in [0.3, 0.4) is 0 Å². The first-order valence-corrected chi connectivity index (χ1v) is 7.20. The van der Waals surface area contributed by atoms with Gasteiger partial charge in [0.2, 0.25) is 0 Å². The zero-order chi connectivity index (χ0) is 15.3. The Hall–Kier alpha value is -2.60. The van der Waals surface area contributed by atoms with Gasteiger partial charge in [-0.15, -0.1) is 0 Å². The van der Waals surface area contributed by atoms with Gasteiger partial charge in [0.15, 0.2) is 0 Å². The minimum absolute atomic E-state index is 0.189. The van der Waals surface area contributed by atoms with E-state index in [-0.39, 0.29) is 6.04 Å². The van der Waals surface area contributed by atoms with Crippen molar-refractivity contribution in [2.75, 3.05) is 0 Å². The maximum Gasteiger partial charge on any atom is 0.321 e. The Morgan fingerprint density at radius 1 is 1.41 bits per heavy atom. The van der Waals surface area contributed by atoms with Crippen LogP contribution < -0.4 is 5.32 Å². The van der Waals surface area contributed by atoms with Gasteiger partial charge in [-0.05, 0) is 11.6 Å². The molecule has 0 saturated carbocycles. The SMILES string of the molecule is Cn1cc([C@H]2N[C@@H](C(=O)O)Cc3c2[nH]c2ccccc32)cn1. The lowest BCUT2D eigenvalue weighted by Crippen LogP contribution is -2.44. The first-order valence-electron chi connectivity index (χ1n) is 7.20. The van der Waals surface area contributed by atoms with E-state index in [0.29, 0.717) is 6.42 Å². The second kappa shape index (κ2) is 4.71. The fourth-order valence-electron chi connectivity index (χ4n) is 3.25. The number of fused-ring (bicyclic) bond motifs is 3. The van der Waals surface area contributed by atoms with E-state index in [2.05, 4.69) is 15.4 Å². The van der Waals surface area contributed by atoms with Crippen molar-refractivity contribution < 1.29 is 9.90 Å². The predicted molar refractivity (Wildman–Crippen MR) is 81.6 cm³/mol. The Morgan fingerprint density at radius 2 is 2.23 bits per heavy atom. The fraction of sp³-hybridized carbons (Fsp3) is 0.250. The van der Waals surface area contributed by atoms with Crippen molar-refractivity contribution in [3.8, 4) is 0 Å². The largest absolute Gasteiger partial charge is 0.480 e. The van der Waals surface area contributed by atoms with Crippen LogP contribution in [0, 0.1) is 0 Å². The van der Waals surface area contributed by atoms with Crippen molar-refractivity contribution in [2.45, 2.75) is 18.5 Å². The molecule has 0 aliphatic carbocycles. The van der Waals surface area contributed by atoms with Gasteiger partial charge in [0.1, 0.15) is 6.04 Å². The first kappa shape index (κ1) is 13.1. The van der Waals surface area contributed by atoms with Crippen LogP contribution in [0.25, 0.3) is 10.9 Å². The number of aromatic nitrogens is 3. The summed E-state index contributed by atoms with van der Waals surface area (Å²) in [6.07, 6.45) is 4.17. The minimum Gasteiger partial charge on any atom is -0.480 e. The molecule has 4 rings (SSSR count). The highest BCUT2D eigenvalue weighted by Gasteiger charge is 2.34. The number of nitrogens with one attached hydrogen (secondary N) is 2. The summed E-state index contributed by atoms with van der Waals surface area (Å²) in [4.78, 5) is 15.0. The Labute approximate surface area is 126 Å². The van der Waals surface area contributed by atoms with Crippen LogP contribution >= 0.6 is 0 Å². The van der Waals surface area contributed by atoms with Gasteiger partial charge in [-0.2, -0.15) is 5.10 Å². The van der Waals surface area contributed by atoms with Crippen LogP contribution in [0.5, 0.6) is 0 Å². The lowest BCUT2D eigenvalue weighted by molar-refractivity contribution is -0.139. The Kier molecular flexibility index (Phi) is 2.80. The second-order valence-corrected chi connectivity index (χ2v) is 5.70. The molecule has 0 amide bonds. The maximum atomic E-state index is 11.5. The molecule has 112 valence electrons. The topological polar surface area (TPSA) is 82.9 Å². The smallest absolute Gasteiger partial charge is 0.321 e. The predicted octanol–water partition coefficient (Wildman–Crippen LogP) is 1.59. The van der Waals surface area contributed by atoms with E-state index < -0.39 is 12.0 Å². The number of carboxylic acids is 1. The van der Waals surface area contributed by atoms with Crippen LogP contribution in [0.1, 0.15) is 22.9 Å². The monoisotopic (exact) mass is 296 g/mol. The van der Waals surface area contributed by atoms with E-state index in [1.54, 1.807) is 10.9 Å². The number of hydrogen-bond donors (Lipinski definition) is 3. The molecular formula is C16H16N4O2. The molecule has 1 aliphatic heterocycles. The van der Waals surface area contributed by atoms with Crippen molar-refractivity contribution in [1.29, 1.82) is 0 Å². The van der Waals surface area contributed by atoms with Gasteiger partial charge in [-0.3, -0.25) is 14.8 Å². The van der Waals surface area contributed by atoms with E-state index in [0.717, 1.165) is 27.7 Å². The number of carbonyl (C=O) groups is 1. The van der Waals surface area contributed by atoms with Crippen molar-refractivity contribution >= 4 is 16.9 Å². The number of para-hydroxylation sites is 1. The lowest BCUT2D eigenvalue weighted by atomic mass is 9.91. The summed E-state index contributed by atoms with van der Waals surface area (Å²) in [5, 5.41) is 18.0. The van der Waals surface area contributed by atoms with Gasteiger partial charge in [0.05, 0.1) is 12.2 Å². The summed E-state index contributed by atoms with van der Waals surface area (Å²) in [6, 6.07) is 7.22. The highest BCUT2D eigenvalue weighted by molar-refractivity contribution is 5.87. The van der Waals surface area contributed by atoms with E-state index in [1.165, 1.54) is 0 Å². The molecular weight excluding hydrogens is 280 g/mol. The molecule has 3 aromatic rings. The van der Waals surface area contributed by atoms with Crippen molar-refractivity contribution in [1.82, 2.24) is 20.1 Å². The molecule has 0 spiro atoms. The van der Waals surface area contributed by atoms with E-state index in [1.807, 2.05) is 37.5 Å². The summed E-state index contributed by atoms with van der Waals surface area (Å²) < 4.78 is 1.73. The Balaban J connectivity index is 1.91. The third kappa shape index (κ3) is 1.92. The summed E-state index contributed by atoms with van der Waals surface area (Å²) in [6.45, 7) is 0. The molecule has 3 N–H and O–H groups in total. The molecule has 0 bridgehead atoms. The number of aryl methyl sites for hydroxylation is 1. The number of H-pyrrole nitrogens is 1. The van der Waals surface area contributed by atoms with Gasteiger partial charge in [-0.25, -0.2) is 0 Å². The van der Waals surface area contributed by atoms with Gasteiger partial charge in [-0.1, -0.05) is 18.2 Å². The zero-order valence-electron chi connectivity index (χ0n) is 12.1. The fourth-order valence-corrected chi connectivity index (χ4v) is 3.25. The molecule has 6 heteroatoms. The molecule has 6 nitrogen and oxygen atoms in total. The highest BCUT2D eigenvalue weighted by Crippen LogP contribution is 2.34. The highest BCUT2D eigenvalue weighted by atomic mass is 16.4. The molecule has 0 unspecified atom stereocenters. The average molecular weight is 296 g/mol. The number of rotatable bonds is 2. The molecule has 2 aromatic heterocycles. The number of aliphatic carboxylic acids is 1. The van der Waals surface area contributed by atoms with Crippen LogP contribution in [-0.4, -0.2) is 31.9 Å². The summed E-state index contributed by atoms with van der Waals surface area (Å²) in [5.74, 6) is -0.829. The maximum absolute atomic E-state index is 11.5. The standard InChI is InChI=1S/C16H16N4O2/c1-20-8-9(7-17-20)14-15-11(6-13(19-14)16(21)22)10-4-2-3-5-12(10)18-15/h2-5,7-8,13-14,18-19H,6H2,1H3,(H,21,22)/t13-,14-/m1/s1. The van der Waals surface area contributed by atoms with Crippen LogP contribution in [0.15, 0.2) is 36.7 Å². The lowest BCUT2D eigenvalue weighted by Gasteiger charge is -2.28. The molecule has 0 fully saturated rings. The summed E-state index contributed by atoms with van der Waals surface area (Å²) in [7, 11) is 1.85. The van der Waals surface area contributed by atoms with Gasteiger partial charge in [0, 0.05) is 41.8 Å². The molecule has 22 heavy (non-hydrogen) atoms. The van der Waals surface area contributed by atoms with Gasteiger partial charge in [0.25, 0.3) is 0 Å². The van der Waals surface area contributed by atoms with E-state index >= 15 is 0 Å². The number of aromatic amines is 1. The molecule has 3 heterocycles. The van der Waals surface area contributed by atoms with Crippen LogP contribution in [-0.2, 0) is 18.3 Å². The number of benzene rings is 1. The average Bonchev–Trinajstić information content (AvgIpc) is 3.09. The van der Waals surface area contributed by atoms with E-state index in [4.69, 9.17) is 0 Å². The van der Waals surface area contributed by atoms with Crippen molar-refractivity contribution in [3.05, 3.63) is 53.5 Å². The van der Waals surface area contributed by atoms with Crippen LogP contribution in [0.2, 0.25) is 0 Å². The third-order valence-electron chi connectivity index (χ3n) is 4.27. The minimum atomic E-state index is -0.829. The second-order valence-electron chi connectivity index (χ2n) is 5.70. The molecule has 1 aromatic carbocycles. The first-order chi connectivity index (χ1) is 10.6. The van der Waals surface area contributed by atoms with Crippen molar-refractivity contribution in [3.63, 3.8) is 0 Å². The summed E-state index contributed by atoms with van der Waals surface area (Å²) in [5.41, 5.74) is 4.11. The Bertz CT molecular complexity index is 864. The van der Waals surface area contributed by atoms with E-state index in [9.17, 15) is 9.90 Å². The summed E-state index contributed by atoms with van der Waals surface area (Å²) >= 11 is 0. The normalized spacial score (nSPS) is 21.0. The van der Waals surface area contributed by atoms with Crippen LogP contribution in [0.4, 0.5) is 0 Å².